The summed E-state index contributed by atoms with van der Waals surface area (Å²) in [5.41, 5.74) is 0. The number of rotatable bonds is 30. The van der Waals surface area contributed by atoms with Crippen LogP contribution in [0.1, 0.15) is 162 Å². The number of carbonyl (C=O) groups is 1. The largest absolute Gasteiger partial charge is 0.446 e. The van der Waals surface area contributed by atoms with Crippen LogP contribution in [0.4, 0.5) is 4.79 Å². The van der Waals surface area contributed by atoms with Crippen molar-refractivity contribution >= 4 is 6.09 Å². The van der Waals surface area contributed by atoms with Crippen molar-refractivity contribution in [3.05, 3.63) is 36.5 Å². The molecule has 252 valence electrons. The molecule has 1 atom stereocenters. The third kappa shape index (κ3) is 27.7. The van der Waals surface area contributed by atoms with Gasteiger partial charge in [-0.3, -0.25) is 0 Å². The summed E-state index contributed by atoms with van der Waals surface area (Å²) >= 11 is 0. The van der Waals surface area contributed by atoms with Gasteiger partial charge in [0.25, 0.3) is 0 Å². The topological polar surface area (TPSA) is 32.8 Å². The predicted octanol–water partition coefficient (Wildman–Crippen LogP) is 11.9. The fourth-order valence-corrected chi connectivity index (χ4v) is 5.52. The molecule has 4 nitrogen and oxygen atoms in total. The Hall–Kier alpha value is -1.55. The molecule has 0 bridgehead atoms. The summed E-state index contributed by atoms with van der Waals surface area (Å²) in [6.07, 6.45) is 40.3. The van der Waals surface area contributed by atoms with E-state index in [0.717, 1.165) is 64.5 Å². The molecule has 0 aromatic rings. The second-order valence-electron chi connectivity index (χ2n) is 13.0. The first-order chi connectivity index (χ1) is 21.0. The molecule has 43 heavy (non-hydrogen) atoms. The molecule has 4 heteroatoms. The van der Waals surface area contributed by atoms with Crippen LogP contribution in [0.15, 0.2) is 36.5 Å². The molecule has 0 aliphatic carbocycles. The van der Waals surface area contributed by atoms with Crippen LogP contribution in [-0.4, -0.2) is 56.2 Å². The lowest BCUT2D eigenvalue weighted by atomic mass is 9.87. The summed E-state index contributed by atoms with van der Waals surface area (Å²) in [5, 5.41) is 0. The summed E-state index contributed by atoms with van der Waals surface area (Å²) in [5.74, 6) is 0.426. The Balaban J connectivity index is 5.28. The Morgan fingerprint density at radius 1 is 0.535 bits per heavy atom. The van der Waals surface area contributed by atoms with Gasteiger partial charge in [-0.1, -0.05) is 95.8 Å². The first kappa shape index (κ1) is 41.4. The van der Waals surface area contributed by atoms with Gasteiger partial charge in [0.05, 0.1) is 0 Å². The van der Waals surface area contributed by atoms with Gasteiger partial charge in [0.15, 0.2) is 0 Å². The number of unbranched alkanes of at least 4 members (excludes halogenated alkanes) is 12. The minimum atomic E-state index is -0.143. The zero-order valence-electron chi connectivity index (χ0n) is 29.8. The molecule has 0 heterocycles. The normalized spacial score (nSPS) is 12.9. The Bertz CT molecular complexity index is 659. The van der Waals surface area contributed by atoms with Gasteiger partial charge in [0.1, 0.15) is 6.10 Å². The maximum atomic E-state index is 13.2. The van der Waals surface area contributed by atoms with Crippen LogP contribution in [0.25, 0.3) is 0 Å². The average molecular weight is 603 g/mol. The lowest BCUT2D eigenvalue weighted by Gasteiger charge is -2.29. The van der Waals surface area contributed by atoms with E-state index in [-0.39, 0.29) is 12.2 Å². The van der Waals surface area contributed by atoms with Crippen molar-refractivity contribution in [3.63, 3.8) is 0 Å². The molecule has 0 fully saturated rings. The molecule has 1 unspecified atom stereocenters. The fourth-order valence-electron chi connectivity index (χ4n) is 5.52. The molecule has 0 aromatic heterocycles. The quantitative estimate of drug-likeness (QED) is 0.0605. The highest BCUT2D eigenvalue weighted by atomic mass is 16.6. The molecule has 0 aliphatic rings. The maximum Gasteiger partial charge on any atom is 0.409 e. The number of hydrogen-bond donors (Lipinski definition) is 0. The van der Waals surface area contributed by atoms with Gasteiger partial charge in [-0.15, -0.1) is 0 Å². The van der Waals surface area contributed by atoms with E-state index >= 15 is 0 Å². The van der Waals surface area contributed by atoms with E-state index in [1.165, 1.54) is 89.9 Å². The van der Waals surface area contributed by atoms with Crippen LogP contribution in [0.3, 0.4) is 0 Å². The zero-order chi connectivity index (χ0) is 31.8. The van der Waals surface area contributed by atoms with E-state index in [1.54, 1.807) is 4.90 Å². The molecule has 0 spiro atoms. The molecule has 0 saturated heterocycles. The number of amides is 1. The molecule has 0 saturated carbocycles. The highest BCUT2D eigenvalue weighted by molar-refractivity contribution is 5.67. The van der Waals surface area contributed by atoms with Crippen molar-refractivity contribution in [2.24, 2.45) is 5.92 Å². The van der Waals surface area contributed by atoms with Crippen LogP contribution in [0, 0.1) is 5.92 Å². The van der Waals surface area contributed by atoms with Crippen molar-refractivity contribution in [2.75, 3.05) is 34.2 Å². The third-order valence-electron chi connectivity index (χ3n) is 8.36. The number of hydrogen-bond acceptors (Lipinski definition) is 3. The van der Waals surface area contributed by atoms with Gasteiger partial charge in [-0.25, -0.2) is 4.79 Å². The third-order valence-corrected chi connectivity index (χ3v) is 8.36. The molecule has 0 aromatic carbocycles. The number of ether oxygens (including phenoxy) is 1. The van der Waals surface area contributed by atoms with Gasteiger partial charge < -0.3 is 14.5 Å². The standard InChI is InChI=1S/C39H74N2O2/c1-7-10-13-16-19-22-25-28-32-37(33-29-26-23-20-17-14-11-8-2)38(34-30-27-24-21-18-15-12-9-3)43-39(42)41(6)36-31-35-40(4)5/h19-24,37-38H,7-18,25-36H2,1-6H3/b22-19-,23-20-,24-21-. The van der Waals surface area contributed by atoms with Crippen molar-refractivity contribution in [1.29, 1.82) is 0 Å². The average Bonchev–Trinajstić information content (AvgIpc) is 2.99. The maximum absolute atomic E-state index is 13.2. The van der Waals surface area contributed by atoms with Crippen LogP contribution in [-0.2, 0) is 4.74 Å². The van der Waals surface area contributed by atoms with Crippen LogP contribution in [0.5, 0.6) is 0 Å². The van der Waals surface area contributed by atoms with Gasteiger partial charge in [0, 0.05) is 13.6 Å². The zero-order valence-corrected chi connectivity index (χ0v) is 29.8. The van der Waals surface area contributed by atoms with Gasteiger partial charge in [-0.2, -0.15) is 0 Å². The minimum absolute atomic E-state index is 0.000595. The van der Waals surface area contributed by atoms with Crippen LogP contribution >= 0.6 is 0 Å². The van der Waals surface area contributed by atoms with Crippen molar-refractivity contribution in [1.82, 2.24) is 9.80 Å². The molecular weight excluding hydrogens is 528 g/mol. The van der Waals surface area contributed by atoms with Gasteiger partial charge >= 0.3 is 6.09 Å². The van der Waals surface area contributed by atoms with E-state index in [2.05, 4.69) is 76.2 Å². The summed E-state index contributed by atoms with van der Waals surface area (Å²) < 4.78 is 6.35. The van der Waals surface area contributed by atoms with Crippen molar-refractivity contribution in [3.8, 4) is 0 Å². The Kier molecular flexibility index (Phi) is 30.7. The van der Waals surface area contributed by atoms with Crippen molar-refractivity contribution < 1.29 is 9.53 Å². The second-order valence-corrected chi connectivity index (χ2v) is 13.0. The Morgan fingerprint density at radius 2 is 0.930 bits per heavy atom. The smallest absolute Gasteiger partial charge is 0.409 e. The van der Waals surface area contributed by atoms with E-state index in [4.69, 9.17) is 4.74 Å². The molecule has 1 amide bonds. The van der Waals surface area contributed by atoms with Gasteiger partial charge in [-0.05, 0) is 129 Å². The molecule has 0 radical (unpaired) electrons. The Labute approximate surface area is 269 Å². The number of carbonyl (C=O) groups excluding carboxylic acids is 1. The minimum Gasteiger partial charge on any atom is -0.446 e. The van der Waals surface area contributed by atoms with Crippen LogP contribution in [0.2, 0.25) is 0 Å². The van der Waals surface area contributed by atoms with E-state index < -0.39 is 0 Å². The van der Waals surface area contributed by atoms with E-state index in [1.807, 2.05) is 7.05 Å². The molecular formula is C39H74N2O2. The summed E-state index contributed by atoms with van der Waals surface area (Å²) in [6.45, 7) is 8.50. The lowest BCUT2D eigenvalue weighted by molar-refractivity contribution is 0.0274. The SMILES string of the molecule is CCCCC/C=C\CCCC(CCC/C=C\CCCCC)C(CCC/C=C\CCCCC)OC(=O)N(C)CCCN(C)C. The summed E-state index contributed by atoms with van der Waals surface area (Å²) in [4.78, 5) is 17.2. The highest BCUT2D eigenvalue weighted by Crippen LogP contribution is 2.27. The fraction of sp³-hybridized carbons (Fsp3) is 0.821. The van der Waals surface area contributed by atoms with Gasteiger partial charge in [0.2, 0.25) is 0 Å². The van der Waals surface area contributed by atoms with Crippen molar-refractivity contribution in [2.45, 2.75) is 168 Å². The molecule has 0 rings (SSSR count). The second kappa shape index (κ2) is 31.9. The monoisotopic (exact) mass is 603 g/mol. The number of nitrogens with zero attached hydrogens (tertiary/aromatic N) is 2. The van der Waals surface area contributed by atoms with E-state index in [9.17, 15) is 4.79 Å². The van der Waals surface area contributed by atoms with Crippen LogP contribution < -0.4 is 0 Å². The highest BCUT2D eigenvalue weighted by Gasteiger charge is 2.25. The van der Waals surface area contributed by atoms with E-state index in [0.29, 0.717) is 5.92 Å². The summed E-state index contributed by atoms with van der Waals surface area (Å²) in [6, 6.07) is 0. The first-order valence-corrected chi connectivity index (χ1v) is 18.5. The summed E-state index contributed by atoms with van der Waals surface area (Å²) in [7, 11) is 6.06. The number of allylic oxidation sites excluding steroid dienone is 6. The molecule has 0 N–H and O–H groups in total. The first-order valence-electron chi connectivity index (χ1n) is 18.5. The Morgan fingerprint density at radius 3 is 1.33 bits per heavy atom. The lowest BCUT2D eigenvalue weighted by Crippen LogP contribution is -2.36. The molecule has 0 aliphatic heterocycles. The predicted molar refractivity (Wildman–Crippen MR) is 191 cm³/mol.